The number of halogens is 1. The molecular weight excluding hydrogens is 543 g/mol. The van der Waals surface area contributed by atoms with Gasteiger partial charge >= 0.3 is 0 Å². The van der Waals surface area contributed by atoms with Crippen molar-refractivity contribution in [3.8, 4) is 11.5 Å². The van der Waals surface area contributed by atoms with Crippen molar-refractivity contribution in [2.24, 2.45) is 4.99 Å². The van der Waals surface area contributed by atoms with Crippen molar-refractivity contribution in [3.05, 3.63) is 63.7 Å². The van der Waals surface area contributed by atoms with Gasteiger partial charge in [-0.05, 0) is 48.1 Å². The second-order valence-electron chi connectivity index (χ2n) is 6.73. The zero-order valence-electron chi connectivity index (χ0n) is 18.6. The van der Waals surface area contributed by atoms with E-state index < -0.39 is 4.92 Å². The van der Waals surface area contributed by atoms with E-state index in [9.17, 15) is 10.1 Å². The second kappa shape index (κ2) is 15.6. The molecule has 0 aliphatic carbocycles. The predicted molar refractivity (Wildman–Crippen MR) is 142 cm³/mol. The van der Waals surface area contributed by atoms with E-state index in [1.807, 2.05) is 30.0 Å². The van der Waals surface area contributed by atoms with Crippen molar-refractivity contribution in [2.45, 2.75) is 19.4 Å². The van der Waals surface area contributed by atoms with E-state index >= 15 is 0 Å². The summed E-state index contributed by atoms with van der Waals surface area (Å²) in [7, 11) is 3.25. The number of hydrogen-bond donors (Lipinski definition) is 2. The van der Waals surface area contributed by atoms with Crippen LogP contribution in [0.3, 0.4) is 0 Å². The molecule has 0 radical (unpaired) electrons. The van der Waals surface area contributed by atoms with Crippen molar-refractivity contribution in [1.82, 2.24) is 10.6 Å². The molecule has 2 N–H and O–H groups in total. The first kappa shape index (κ1) is 27.8. The highest BCUT2D eigenvalue weighted by Crippen LogP contribution is 2.27. The molecule has 0 atom stereocenters. The van der Waals surface area contributed by atoms with Gasteiger partial charge in [-0.25, -0.2) is 4.99 Å². The standard InChI is InChI=1S/C22H30N4O4S.HI/c1-29-20-10-7-17(15-21(20)30-2)11-13-24-22(23-12-4-14-31-3)25-16-18-5-8-19(9-6-18)26(27)28;/h5-10,15H,4,11-14,16H2,1-3H3,(H2,23,24,25);1H. The number of nitro groups is 1. The minimum Gasteiger partial charge on any atom is -0.493 e. The number of hydrogen-bond acceptors (Lipinski definition) is 6. The van der Waals surface area contributed by atoms with Crippen molar-refractivity contribution in [3.63, 3.8) is 0 Å². The van der Waals surface area contributed by atoms with Gasteiger partial charge in [0.2, 0.25) is 0 Å². The largest absolute Gasteiger partial charge is 0.493 e. The van der Waals surface area contributed by atoms with Crippen LogP contribution in [0, 0.1) is 10.1 Å². The first-order valence-corrected chi connectivity index (χ1v) is 11.4. The molecule has 0 unspecified atom stereocenters. The monoisotopic (exact) mass is 574 g/mol. The van der Waals surface area contributed by atoms with Crippen molar-refractivity contribution in [2.75, 3.05) is 39.3 Å². The Kier molecular flexibility index (Phi) is 13.5. The molecule has 0 saturated heterocycles. The summed E-state index contributed by atoms with van der Waals surface area (Å²) >= 11 is 1.81. The van der Waals surface area contributed by atoms with Crippen LogP contribution in [0.5, 0.6) is 11.5 Å². The summed E-state index contributed by atoms with van der Waals surface area (Å²) in [6, 6.07) is 12.4. The van der Waals surface area contributed by atoms with Gasteiger partial charge in [0.15, 0.2) is 17.5 Å². The first-order valence-electron chi connectivity index (χ1n) is 10.0. The van der Waals surface area contributed by atoms with Gasteiger partial charge in [0.25, 0.3) is 5.69 Å². The lowest BCUT2D eigenvalue weighted by Crippen LogP contribution is -2.39. The number of thioether (sulfide) groups is 1. The number of rotatable bonds is 12. The molecule has 0 heterocycles. The number of ether oxygens (including phenoxy) is 2. The van der Waals surface area contributed by atoms with Gasteiger partial charge in [0, 0.05) is 25.2 Å². The molecule has 8 nitrogen and oxygen atoms in total. The van der Waals surface area contributed by atoms with E-state index in [1.54, 1.807) is 26.4 Å². The smallest absolute Gasteiger partial charge is 0.269 e. The van der Waals surface area contributed by atoms with E-state index in [4.69, 9.17) is 9.47 Å². The Balaban J connectivity index is 0.00000512. The van der Waals surface area contributed by atoms with Crippen molar-refractivity contribution >= 4 is 47.4 Å². The van der Waals surface area contributed by atoms with Gasteiger partial charge in [-0.1, -0.05) is 18.2 Å². The molecule has 0 aliphatic heterocycles. The molecule has 32 heavy (non-hydrogen) atoms. The van der Waals surface area contributed by atoms with Crippen molar-refractivity contribution < 1.29 is 14.4 Å². The molecular formula is C22H31IN4O4S. The summed E-state index contributed by atoms with van der Waals surface area (Å²) in [6.45, 7) is 1.96. The molecule has 0 aliphatic rings. The van der Waals surface area contributed by atoms with E-state index in [0.717, 1.165) is 42.2 Å². The van der Waals surface area contributed by atoms with Crippen LogP contribution in [0.4, 0.5) is 5.69 Å². The Morgan fingerprint density at radius 2 is 1.69 bits per heavy atom. The SMILES string of the molecule is COc1ccc(CCNC(=NCc2ccc([N+](=O)[O-])cc2)NCCCSC)cc1OC.I. The van der Waals surface area contributed by atoms with Crippen LogP contribution in [-0.4, -0.2) is 50.2 Å². The Morgan fingerprint density at radius 1 is 1.03 bits per heavy atom. The molecule has 10 heteroatoms. The fourth-order valence-corrected chi connectivity index (χ4v) is 3.29. The maximum absolute atomic E-state index is 10.8. The minimum absolute atomic E-state index is 0. The zero-order valence-corrected chi connectivity index (χ0v) is 21.8. The lowest BCUT2D eigenvalue weighted by molar-refractivity contribution is -0.384. The highest BCUT2D eigenvalue weighted by Gasteiger charge is 2.06. The predicted octanol–water partition coefficient (Wildman–Crippen LogP) is 4.26. The number of methoxy groups -OCH3 is 2. The number of guanidine groups is 1. The summed E-state index contributed by atoms with van der Waals surface area (Å²) in [5, 5.41) is 17.5. The number of aliphatic imine (C=N–C) groups is 1. The molecule has 0 amide bonds. The average Bonchev–Trinajstić information content (AvgIpc) is 2.79. The van der Waals surface area contributed by atoms with Crippen LogP contribution in [0.1, 0.15) is 17.5 Å². The minimum atomic E-state index is -0.401. The van der Waals surface area contributed by atoms with Gasteiger partial charge in [-0.2, -0.15) is 11.8 Å². The van der Waals surface area contributed by atoms with Crippen molar-refractivity contribution in [1.29, 1.82) is 0 Å². The molecule has 0 spiro atoms. The average molecular weight is 574 g/mol. The van der Waals surface area contributed by atoms with E-state index in [1.165, 1.54) is 12.1 Å². The number of benzene rings is 2. The maximum Gasteiger partial charge on any atom is 0.269 e. The molecule has 2 aromatic rings. The zero-order chi connectivity index (χ0) is 22.5. The summed E-state index contributed by atoms with van der Waals surface area (Å²) in [5.41, 5.74) is 2.12. The number of non-ortho nitro benzene ring substituents is 1. The lowest BCUT2D eigenvalue weighted by atomic mass is 10.1. The molecule has 0 bridgehead atoms. The fraction of sp³-hybridized carbons (Fsp3) is 0.409. The molecule has 176 valence electrons. The first-order chi connectivity index (χ1) is 15.1. The number of nitro benzene ring substituents is 1. The third-order valence-electron chi connectivity index (χ3n) is 4.54. The van der Waals surface area contributed by atoms with Gasteiger partial charge in [0.05, 0.1) is 25.7 Å². The summed E-state index contributed by atoms with van der Waals surface area (Å²) in [6.07, 6.45) is 3.92. The Bertz CT molecular complexity index is 866. The van der Waals surface area contributed by atoms with Gasteiger partial charge in [0.1, 0.15) is 0 Å². The molecule has 2 aromatic carbocycles. The van der Waals surface area contributed by atoms with E-state index in [-0.39, 0.29) is 29.7 Å². The van der Waals surface area contributed by atoms with Crippen LogP contribution in [0.15, 0.2) is 47.5 Å². The Hall–Kier alpha value is -2.21. The Morgan fingerprint density at radius 3 is 2.31 bits per heavy atom. The van der Waals surface area contributed by atoms with Gasteiger partial charge < -0.3 is 20.1 Å². The van der Waals surface area contributed by atoms with Crippen LogP contribution < -0.4 is 20.1 Å². The highest BCUT2D eigenvalue weighted by atomic mass is 127. The van der Waals surface area contributed by atoms with Gasteiger partial charge in [-0.15, -0.1) is 24.0 Å². The lowest BCUT2D eigenvalue weighted by Gasteiger charge is -2.13. The second-order valence-corrected chi connectivity index (χ2v) is 7.71. The third-order valence-corrected chi connectivity index (χ3v) is 5.24. The Labute approximate surface area is 210 Å². The summed E-state index contributed by atoms with van der Waals surface area (Å²) in [5.74, 6) is 3.22. The number of nitrogens with one attached hydrogen (secondary N) is 2. The highest BCUT2D eigenvalue weighted by molar-refractivity contribution is 14.0. The molecule has 0 fully saturated rings. The fourth-order valence-electron chi connectivity index (χ4n) is 2.85. The quantitative estimate of drug-likeness (QED) is 0.0977. The molecule has 0 aromatic heterocycles. The third kappa shape index (κ3) is 9.51. The molecule has 0 saturated carbocycles. The van der Waals surface area contributed by atoms with Crippen LogP contribution in [0.25, 0.3) is 0 Å². The van der Waals surface area contributed by atoms with Crippen LogP contribution in [0.2, 0.25) is 0 Å². The van der Waals surface area contributed by atoms with E-state index in [0.29, 0.717) is 24.6 Å². The maximum atomic E-state index is 10.8. The number of nitrogens with zero attached hydrogens (tertiary/aromatic N) is 2. The normalized spacial score (nSPS) is 10.8. The summed E-state index contributed by atoms with van der Waals surface area (Å²) in [4.78, 5) is 15.0. The van der Waals surface area contributed by atoms with E-state index in [2.05, 4.69) is 21.9 Å². The van der Waals surface area contributed by atoms with Gasteiger partial charge in [-0.3, -0.25) is 10.1 Å². The topological polar surface area (TPSA) is 98.0 Å². The summed E-state index contributed by atoms with van der Waals surface area (Å²) < 4.78 is 10.6. The van der Waals surface area contributed by atoms with Crippen LogP contribution >= 0.6 is 35.7 Å². The van der Waals surface area contributed by atoms with Crippen LogP contribution in [-0.2, 0) is 13.0 Å². The molecule has 2 rings (SSSR count).